The van der Waals surface area contributed by atoms with E-state index in [2.05, 4.69) is 10.3 Å². The Hall–Kier alpha value is -1.97. The summed E-state index contributed by atoms with van der Waals surface area (Å²) in [5, 5.41) is 2.47. The molecule has 0 aliphatic rings. The lowest BCUT2D eigenvalue weighted by Crippen LogP contribution is -2.23. The first kappa shape index (κ1) is 19.4. The molecule has 9 heteroatoms. The van der Waals surface area contributed by atoms with Crippen molar-refractivity contribution < 1.29 is 17.6 Å². The van der Waals surface area contributed by atoms with Crippen LogP contribution >= 0.6 is 11.8 Å². The second kappa shape index (κ2) is 7.94. The average molecular weight is 383 g/mol. The zero-order valence-corrected chi connectivity index (χ0v) is 15.6. The standard InChI is InChI=1S/C16H18FN3O3S2/c1-11(16(21)19-14-7-5-4-6-13(14)17)24-15-9-8-12(10-18-15)25(22,23)20(2)3/h4-11H,1-3H3,(H,19,21)/t11-/m0/s1. The van der Waals surface area contributed by atoms with E-state index in [0.29, 0.717) is 5.03 Å². The summed E-state index contributed by atoms with van der Waals surface area (Å²) >= 11 is 1.15. The molecule has 1 atom stereocenters. The molecule has 0 spiro atoms. The molecule has 1 N–H and O–H groups in total. The quantitative estimate of drug-likeness (QED) is 0.776. The molecule has 1 aromatic carbocycles. The lowest BCUT2D eigenvalue weighted by Gasteiger charge is -2.13. The summed E-state index contributed by atoms with van der Waals surface area (Å²) in [6.45, 7) is 1.66. The fraction of sp³-hybridized carbons (Fsp3) is 0.250. The number of hydrogen-bond acceptors (Lipinski definition) is 5. The van der Waals surface area contributed by atoms with Gasteiger partial charge in [0.1, 0.15) is 10.7 Å². The van der Waals surface area contributed by atoms with Gasteiger partial charge in [-0.1, -0.05) is 23.9 Å². The van der Waals surface area contributed by atoms with Gasteiger partial charge in [0, 0.05) is 20.3 Å². The van der Waals surface area contributed by atoms with Gasteiger partial charge in [-0.15, -0.1) is 0 Å². The van der Waals surface area contributed by atoms with E-state index >= 15 is 0 Å². The maximum atomic E-state index is 13.6. The Morgan fingerprint density at radius 2 is 1.92 bits per heavy atom. The minimum absolute atomic E-state index is 0.0744. The number of carbonyl (C=O) groups excluding carboxylic acids is 1. The maximum absolute atomic E-state index is 13.6. The topological polar surface area (TPSA) is 79.4 Å². The predicted octanol–water partition coefficient (Wildman–Crippen LogP) is 2.59. The summed E-state index contributed by atoms with van der Waals surface area (Å²) in [7, 11) is -0.668. The zero-order chi connectivity index (χ0) is 18.6. The molecule has 2 rings (SSSR count). The molecule has 0 aliphatic heterocycles. The van der Waals surface area contributed by atoms with Crippen molar-refractivity contribution in [3.05, 3.63) is 48.4 Å². The normalized spacial score (nSPS) is 12.8. The highest BCUT2D eigenvalue weighted by Crippen LogP contribution is 2.24. The number of sulfonamides is 1. The smallest absolute Gasteiger partial charge is 0.244 e. The van der Waals surface area contributed by atoms with Gasteiger partial charge in [-0.2, -0.15) is 0 Å². The van der Waals surface area contributed by atoms with Gasteiger partial charge in [-0.25, -0.2) is 22.1 Å². The van der Waals surface area contributed by atoms with Crippen molar-refractivity contribution in [1.29, 1.82) is 0 Å². The van der Waals surface area contributed by atoms with E-state index in [-0.39, 0.29) is 16.5 Å². The first-order valence-corrected chi connectivity index (χ1v) is 9.64. The molecule has 6 nitrogen and oxygen atoms in total. The molecular weight excluding hydrogens is 365 g/mol. The van der Waals surface area contributed by atoms with E-state index in [9.17, 15) is 17.6 Å². The number of nitrogens with zero attached hydrogens (tertiary/aromatic N) is 2. The van der Waals surface area contributed by atoms with Crippen LogP contribution in [0, 0.1) is 5.82 Å². The van der Waals surface area contributed by atoms with Crippen molar-refractivity contribution in [2.45, 2.75) is 22.1 Å². The predicted molar refractivity (Wildman–Crippen MR) is 95.5 cm³/mol. The third-order valence-electron chi connectivity index (χ3n) is 3.29. The van der Waals surface area contributed by atoms with Crippen LogP contribution in [0.1, 0.15) is 6.92 Å². The summed E-state index contributed by atoms with van der Waals surface area (Å²) in [5.74, 6) is -0.883. The van der Waals surface area contributed by atoms with Crippen molar-refractivity contribution in [3.8, 4) is 0 Å². The summed E-state index contributed by atoms with van der Waals surface area (Å²) in [4.78, 5) is 16.3. The molecule has 0 aliphatic carbocycles. The Labute approximate surface area is 150 Å². The van der Waals surface area contributed by atoms with E-state index in [0.717, 1.165) is 16.1 Å². The van der Waals surface area contributed by atoms with Crippen LogP contribution in [0.4, 0.5) is 10.1 Å². The van der Waals surface area contributed by atoms with Gasteiger partial charge in [0.05, 0.1) is 16.0 Å². The fourth-order valence-electron chi connectivity index (χ4n) is 1.83. The first-order valence-electron chi connectivity index (χ1n) is 7.32. The number of carbonyl (C=O) groups is 1. The van der Waals surface area contributed by atoms with Crippen LogP contribution in [0.5, 0.6) is 0 Å². The number of para-hydroxylation sites is 1. The van der Waals surface area contributed by atoms with Gasteiger partial charge < -0.3 is 5.32 Å². The highest BCUT2D eigenvalue weighted by atomic mass is 32.2. The Morgan fingerprint density at radius 3 is 2.48 bits per heavy atom. The van der Waals surface area contributed by atoms with Gasteiger partial charge in [0.2, 0.25) is 15.9 Å². The van der Waals surface area contributed by atoms with Crippen LogP contribution in [0.25, 0.3) is 0 Å². The molecule has 0 bridgehead atoms. The van der Waals surface area contributed by atoms with E-state index in [1.807, 2.05) is 0 Å². The van der Waals surface area contributed by atoms with Crippen molar-refractivity contribution >= 4 is 33.4 Å². The highest BCUT2D eigenvalue weighted by molar-refractivity contribution is 8.00. The summed E-state index contributed by atoms with van der Waals surface area (Å²) < 4.78 is 38.6. The van der Waals surface area contributed by atoms with Gasteiger partial charge in [-0.05, 0) is 31.2 Å². The third kappa shape index (κ3) is 4.77. The molecule has 0 fully saturated rings. The number of rotatable bonds is 6. The highest BCUT2D eigenvalue weighted by Gasteiger charge is 2.19. The second-order valence-corrected chi connectivity index (χ2v) is 8.86. The number of aromatic nitrogens is 1. The Bertz CT molecular complexity index is 855. The molecule has 25 heavy (non-hydrogen) atoms. The van der Waals surface area contributed by atoms with Crippen molar-refractivity contribution in [2.75, 3.05) is 19.4 Å². The number of hydrogen-bond donors (Lipinski definition) is 1. The van der Waals surface area contributed by atoms with E-state index in [1.165, 1.54) is 50.6 Å². The van der Waals surface area contributed by atoms with Crippen molar-refractivity contribution in [2.24, 2.45) is 0 Å². The monoisotopic (exact) mass is 383 g/mol. The molecule has 134 valence electrons. The van der Waals surface area contributed by atoms with Gasteiger partial charge in [-0.3, -0.25) is 4.79 Å². The number of halogens is 1. The number of nitrogens with one attached hydrogen (secondary N) is 1. The Balaban J connectivity index is 2.04. The van der Waals surface area contributed by atoms with Crippen LogP contribution in [-0.2, 0) is 14.8 Å². The van der Waals surface area contributed by atoms with Crippen molar-refractivity contribution in [3.63, 3.8) is 0 Å². The van der Waals surface area contributed by atoms with Crippen molar-refractivity contribution in [1.82, 2.24) is 9.29 Å². The van der Waals surface area contributed by atoms with Crippen LogP contribution in [0.3, 0.4) is 0 Å². The molecule has 1 heterocycles. The molecule has 0 saturated heterocycles. The summed E-state index contributed by atoms with van der Waals surface area (Å²) in [5.41, 5.74) is 0.111. The minimum atomic E-state index is -3.54. The second-order valence-electron chi connectivity index (χ2n) is 5.35. The molecule has 1 aromatic heterocycles. The summed E-state index contributed by atoms with van der Waals surface area (Å²) in [6, 6.07) is 8.88. The van der Waals surface area contributed by atoms with Gasteiger partial charge in [0.15, 0.2) is 0 Å². The molecule has 0 radical (unpaired) electrons. The lowest BCUT2D eigenvalue weighted by atomic mass is 10.3. The number of thioether (sulfide) groups is 1. The fourth-order valence-corrected chi connectivity index (χ4v) is 3.47. The minimum Gasteiger partial charge on any atom is -0.323 e. The number of anilines is 1. The van der Waals surface area contributed by atoms with Crippen LogP contribution in [0.2, 0.25) is 0 Å². The Morgan fingerprint density at radius 1 is 1.24 bits per heavy atom. The van der Waals surface area contributed by atoms with Crippen LogP contribution in [0.15, 0.2) is 52.5 Å². The van der Waals surface area contributed by atoms with E-state index < -0.39 is 21.1 Å². The summed E-state index contributed by atoms with van der Waals surface area (Å²) in [6.07, 6.45) is 1.25. The van der Waals surface area contributed by atoms with Gasteiger partial charge in [0.25, 0.3) is 0 Å². The molecule has 0 unspecified atom stereocenters. The SMILES string of the molecule is C[C@H](Sc1ccc(S(=O)(=O)N(C)C)cn1)C(=O)Nc1ccccc1F. The number of amides is 1. The first-order chi connectivity index (χ1) is 11.7. The van der Waals surface area contributed by atoms with E-state index in [1.54, 1.807) is 13.0 Å². The third-order valence-corrected chi connectivity index (χ3v) is 6.14. The molecule has 0 saturated carbocycles. The lowest BCUT2D eigenvalue weighted by molar-refractivity contribution is -0.115. The number of pyridine rings is 1. The molecule has 1 amide bonds. The zero-order valence-electron chi connectivity index (χ0n) is 13.9. The molecule has 2 aromatic rings. The van der Waals surface area contributed by atoms with Crippen LogP contribution in [-0.4, -0.2) is 43.0 Å². The van der Waals surface area contributed by atoms with E-state index in [4.69, 9.17) is 0 Å². The number of benzene rings is 1. The van der Waals surface area contributed by atoms with Crippen LogP contribution < -0.4 is 5.32 Å². The maximum Gasteiger partial charge on any atom is 0.244 e. The van der Waals surface area contributed by atoms with Gasteiger partial charge >= 0.3 is 0 Å². The Kier molecular flexibility index (Phi) is 6.15. The average Bonchev–Trinajstić information content (AvgIpc) is 2.57. The molecular formula is C16H18FN3O3S2. The largest absolute Gasteiger partial charge is 0.323 e.